The van der Waals surface area contributed by atoms with Gasteiger partial charge in [0.15, 0.2) is 0 Å². The van der Waals surface area contributed by atoms with E-state index < -0.39 is 12.0 Å². The molecule has 3 unspecified atom stereocenters. The normalized spacial score (nSPS) is 30.7. The number of rotatable bonds is 6. The average molecular weight is 365 g/mol. The molecule has 3 rings (SSSR count). The summed E-state index contributed by atoms with van der Waals surface area (Å²) >= 11 is 0. The van der Waals surface area contributed by atoms with Crippen LogP contribution in [-0.2, 0) is 19.1 Å². The lowest BCUT2D eigenvalue weighted by Gasteiger charge is -2.26. The molecule has 0 aromatic rings. The maximum Gasteiger partial charge on any atom is 0.328 e. The Bertz CT molecular complexity index is 533. The number of methoxy groups -OCH3 is 1. The Hall–Kier alpha value is -1.63. The zero-order chi connectivity index (χ0) is 18.5. The van der Waals surface area contributed by atoms with E-state index in [1.807, 2.05) is 0 Å². The fourth-order valence-corrected chi connectivity index (χ4v) is 4.72. The lowest BCUT2D eigenvalue weighted by molar-refractivity contribution is -0.146. The van der Waals surface area contributed by atoms with Gasteiger partial charge in [-0.25, -0.2) is 4.79 Å². The van der Waals surface area contributed by atoms with Gasteiger partial charge >= 0.3 is 5.97 Å². The van der Waals surface area contributed by atoms with Crippen molar-refractivity contribution in [2.45, 2.75) is 63.5 Å². The molecule has 7 nitrogen and oxygen atoms in total. The summed E-state index contributed by atoms with van der Waals surface area (Å²) in [6.45, 7) is 1.55. The standard InChI is InChI=1S/C19H31N3O4/c1-26-19(25)16(9-13-7-4-8-20-17(13)23)22-18(24)15-10-14(11-21-15)12-5-2-3-6-12/h12-16,21H,2-11H2,1H3,(H,20,23)(H,22,24)/t13?,14?,15?,16-/m0/s1. The van der Waals surface area contributed by atoms with E-state index in [0.717, 1.165) is 31.7 Å². The van der Waals surface area contributed by atoms with Crippen molar-refractivity contribution >= 4 is 17.8 Å². The van der Waals surface area contributed by atoms with Gasteiger partial charge in [-0.3, -0.25) is 9.59 Å². The first kappa shape index (κ1) is 19.1. The van der Waals surface area contributed by atoms with Gasteiger partial charge in [-0.2, -0.15) is 0 Å². The molecule has 7 heteroatoms. The zero-order valence-corrected chi connectivity index (χ0v) is 15.6. The van der Waals surface area contributed by atoms with Crippen LogP contribution in [0.5, 0.6) is 0 Å². The third-order valence-electron chi connectivity index (χ3n) is 6.27. The van der Waals surface area contributed by atoms with E-state index in [4.69, 9.17) is 4.74 Å². The van der Waals surface area contributed by atoms with E-state index in [2.05, 4.69) is 16.0 Å². The third kappa shape index (κ3) is 4.55. The highest BCUT2D eigenvalue weighted by Crippen LogP contribution is 2.35. The van der Waals surface area contributed by atoms with E-state index in [9.17, 15) is 14.4 Å². The molecule has 4 atom stereocenters. The number of hydrogen-bond acceptors (Lipinski definition) is 5. The second-order valence-electron chi connectivity index (χ2n) is 7.95. The van der Waals surface area contributed by atoms with Gasteiger partial charge in [0.1, 0.15) is 6.04 Å². The van der Waals surface area contributed by atoms with Crippen LogP contribution in [0.1, 0.15) is 51.4 Å². The van der Waals surface area contributed by atoms with Gasteiger partial charge < -0.3 is 20.7 Å². The number of esters is 1. The number of amides is 2. The average Bonchev–Trinajstić information content (AvgIpc) is 3.33. The van der Waals surface area contributed by atoms with Gasteiger partial charge in [-0.05, 0) is 44.1 Å². The molecule has 2 heterocycles. The van der Waals surface area contributed by atoms with Crippen LogP contribution in [0.25, 0.3) is 0 Å². The summed E-state index contributed by atoms with van der Waals surface area (Å²) in [6, 6.07) is -1.03. The Balaban J connectivity index is 1.55. The minimum atomic E-state index is -0.770. The highest BCUT2D eigenvalue weighted by Gasteiger charge is 2.37. The fourth-order valence-electron chi connectivity index (χ4n) is 4.72. The predicted octanol–water partition coefficient (Wildman–Crippen LogP) is 0.729. The largest absolute Gasteiger partial charge is 0.467 e. The van der Waals surface area contributed by atoms with E-state index in [-0.39, 0.29) is 23.8 Å². The highest BCUT2D eigenvalue weighted by molar-refractivity contribution is 5.88. The first-order valence-electron chi connectivity index (χ1n) is 9.97. The Kier molecular flexibility index (Phi) is 6.51. The van der Waals surface area contributed by atoms with Crippen molar-refractivity contribution in [2.24, 2.45) is 17.8 Å². The van der Waals surface area contributed by atoms with Gasteiger partial charge in [0.25, 0.3) is 0 Å². The Morgan fingerprint density at radius 3 is 2.65 bits per heavy atom. The summed E-state index contributed by atoms with van der Waals surface area (Å²) in [5.41, 5.74) is 0. The van der Waals surface area contributed by atoms with Crippen LogP contribution in [0.2, 0.25) is 0 Å². The number of carbonyl (C=O) groups excluding carboxylic acids is 3. The molecule has 3 aliphatic rings. The third-order valence-corrected chi connectivity index (χ3v) is 6.27. The molecule has 1 saturated carbocycles. The number of ether oxygens (including phenoxy) is 1. The van der Waals surface area contributed by atoms with Gasteiger partial charge in [-0.1, -0.05) is 25.7 Å². The molecule has 0 bridgehead atoms. The number of piperidine rings is 1. The van der Waals surface area contributed by atoms with Crippen molar-refractivity contribution in [2.75, 3.05) is 20.2 Å². The lowest BCUT2D eigenvalue weighted by atomic mass is 9.88. The monoisotopic (exact) mass is 365 g/mol. The number of carbonyl (C=O) groups is 3. The quantitative estimate of drug-likeness (QED) is 0.603. The Labute approximate surface area is 155 Å². The molecule has 0 aromatic heterocycles. The van der Waals surface area contributed by atoms with Crippen LogP contribution in [0, 0.1) is 17.8 Å². The SMILES string of the molecule is COC(=O)[C@H](CC1CCCNC1=O)NC(=O)C1CC(C2CCCC2)CN1. The van der Waals surface area contributed by atoms with E-state index >= 15 is 0 Å². The predicted molar refractivity (Wildman–Crippen MR) is 96.2 cm³/mol. The summed E-state index contributed by atoms with van der Waals surface area (Å²) in [6.07, 6.45) is 7.88. The molecule has 2 saturated heterocycles. The minimum absolute atomic E-state index is 0.0420. The Morgan fingerprint density at radius 1 is 1.19 bits per heavy atom. The maximum absolute atomic E-state index is 12.7. The first-order chi connectivity index (χ1) is 12.6. The van der Waals surface area contributed by atoms with Crippen molar-refractivity contribution in [3.05, 3.63) is 0 Å². The van der Waals surface area contributed by atoms with Gasteiger partial charge in [0, 0.05) is 12.5 Å². The van der Waals surface area contributed by atoms with Gasteiger partial charge in [0.05, 0.1) is 13.2 Å². The molecule has 2 amide bonds. The molecule has 0 radical (unpaired) electrons. The summed E-state index contributed by atoms with van der Waals surface area (Å²) < 4.78 is 4.85. The van der Waals surface area contributed by atoms with Crippen molar-refractivity contribution in [1.29, 1.82) is 0 Å². The van der Waals surface area contributed by atoms with Crippen molar-refractivity contribution in [1.82, 2.24) is 16.0 Å². The van der Waals surface area contributed by atoms with Gasteiger partial charge in [-0.15, -0.1) is 0 Å². The fraction of sp³-hybridized carbons (Fsp3) is 0.842. The highest BCUT2D eigenvalue weighted by atomic mass is 16.5. The molecule has 1 aliphatic carbocycles. The van der Waals surface area contributed by atoms with Crippen molar-refractivity contribution in [3.8, 4) is 0 Å². The van der Waals surface area contributed by atoms with Crippen molar-refractivity contribution in [3.63, 3.8) is 0 Å². The second-order valence-corrected chi connectivity index (χ2v) is 7.95. The summed E-state index contributed by atoms with van der Waals surface area (Å²) in [7, 11) is 1.31. The molecule has 3 N–H and O–H groups in total. The Morgan fingerprint density at radius 2 is 1.96 bits per heavy atom. The number of hydrogen-bond donors (Lipinski definition) is 3. The van der Waals surface area contributed by atoms with Crippen LogP contribution >= 0.6 is 0 Å². The first-order valence-corrected chi connectivity index (χ1v) is 9.97. The topological polar surface area (TPSA) is 96.5 Å². The van der Waals surface area contributed by atoms with Crippen LogP contribution in [-0.4, -0.2) is 50.1 Å². The van der Waals surface area contributed by atoms with E-state index in [1.54, 1.807) is 0 Å². The smallest absolute Gasteiger partial charge is 0.328 e. The van der Waals surface area contributed by atoms with Crippen LogP contribution < -0.4 is 16.0 Å². The van der Waals surface area contributed by atoms with E-state index in [0.29, 0.717) is 18.9 Å². The second kappa shape index (κ2) is 8.84. The molecule has 2 aliphatic heterocycles. The maximum atomic E-state index is 12.7. The summed E-state index contributed by atoms with van der Waals surface area (Å²) in [5.74, 6) is 0.339. The number of nitrogens with one attached hydrogen (secondary N) is 3. The minimum Gasteiger partial charge on any atom is -0.467 e. The summed E-state index contributed by atoms with van der Waals surface area (Å²) in [5, 5.41) is 8.97. The van der Waals surface area contributed by atoms with Gasteiger partial charge in [0.2, 0.25) is 11.8 Å². The zero-order valence-electron chi connectivity index (χ0n) is 15.6. The van der Waals surface area contributed by atoms with Crippen LogP contribution in [0.4, 0.5) is 0 Å². The molecule has 146 valence electrons. The molecular weight excluding hydrogens is 334 g/mol. The molecule has 26 heavy (non-hydrogen) atoms. The molecule has 3 fully saturated rings. The van der Waals surface area contributed by atoms with Crippen LogP contribution in [0.15, 0.2) is 0 Å². The molecule has 0 spiro atoms. The molecular formula is C19H31N3O4. The molecule has 0 aromatic carbocycles. The van der Waals surface area contributed by atoms with Crippen molar-refractivity contribution < 1.29 is 19.1 Å². The van der Waals surface area contributed by atoms with E-state index in [1.165, 1.54) is 32.8 Å². The van der Waals surface area contributed by atoms with Crippen LogP contribution in [0.3, 0.4) is 0 Å². The summed E-state index contributed by atoms with van der Waals surface area (Å²) in [4.78, 5) is 36.8. The lowest BCUT2D eigenvalue weighted by Crippen LogP contribution is -2.50.